The van der Waals surface area contributed by atoms with E-state index in [-0.39, 0.29) is 17.7 Å². The number of hydrogen-bond donors (Lipinski definition) is 1. The summed E-state index contributed by atoms with van der Waals surface area (Å²) in [7, 11) is 1.59. The van der Waals surface area contributed by atoms with Crippen molar-refractivity contribution in [3.05, 3.63) is 35.4 Å². The molecular formula is C15H19NO3. The van der Waals surface area contributed by atoms with Gasteiger partial charge < -0.3 is 4.74 Å². The van der Waals surface area contributed by atoms with Gasteiger partial charge in [-0.2, -0.15) is 0 Å². The molecule has 1 aromatic rings. The number of rotatable bonds is 3. The van der Waals surface area contributed by atoms with Gasteiger partial charge in [0.2, 0.25) is 11.8 Å². The van der Waals surface area contributed by atoms with Gasteiger partial charge in [0.15, 0.2) is 0 Å². The topological polar surface area (TPSA) is 55.4 Å². The van der Waals surface area contributed by atoms with Crippen LogP contribution < -0.4 is 5.32 Å². The van der Waals surface area contributed by atoms with Gasteiger partial charge in [-0.05, 0) is 18.1 Å². The Kier molecular flexibility index (Phi) is 3.71. The first-order valence-corrected chi connectivity index (χ1v) is 6.36. The smallest absolute Gasteiger partial charge is 0.234 e. The third-order valence-corrected chi connectivity index (χ3v) is 3.76. The van der Waals surface area contributed by atoms with Crippen molar-refractivity contribution in [2.45, 2.75) is 26.2 Å². The fourth-order valence-corrected chi connectivity index (χ4v) is 2.93. The van der Waals surface area contributed by atoms with E-state index in [9.17, 15) is 9.59 Å². The molecule has 0 aliphatic carbocycles. The Bertz CT molecular complexity index is 512. The van der Waals surface area contributed by atoms with E-state index in [1.807, 2.05) is 38.1 Å². The summed E-state index contributed by atoms with van der Waals surface area (Å²) in [6.07, 6.45) is 0.297. The first-order valence-electron chi connectivity index (χ1n) is 6.36. The summed E-state index contributed by atoms with van der Waals surface area (Å²) in [4.78, 5) is 23.9. The molecule has 19 heavy (non-hydrogen) atoms. The third-order valence-electron chi connectivity index (χ3n) is 3.76. The van der Waals surface area contributed by atoms with Crippen LogP contribution in [0.3, 0.4) is 0 Å². The predicted octanol–water partition coefficient (Wildman–Crippen LogP) is 1.78. The van der Waals surface area contributed by atoms with Gasteiger partial charge in [0.1, 0.15) is 0 Å². The molecule has 1 fully saturated rings. The lowest BCUT2D eigenvalue weighted by Gasteiger charge is -2.40. The van der Waals surface area contributed by atoms with Crippen LogP contribution in [-0.2, 0) is 14.3 Å². The number of imide groups is 1. The zero-order valence-corrected chi connectivity index (χ0v) is 11.5. The van der Waals surface area contributed by atoms with Crippen LogP contribution in [0.15, 0.2) is 24.3 Å². The fourth-order valence-electron chi connectivity index (χ4n) is 2.93. The van der Waals surface area contributed by atoms with Crippen LogP contribution in [0.4, 0.5) is 0 Å². The highest BCUT2D eigenvalue weighted by molar-refractivity contribution is 6.02. The molecular weight excluding hydrogens is 242 g/mol. The molecule has 2 rings (SSSR count). The normalized spacial score (nSPS) is 27.2. The van der Waals surface area contributed by atoms with Gasteiger partial charge in [0.05, 0.1) is 12.5 Å². The predicted molar refractivity (Wildman–Crippen MR) is 71.7 cm³/mol. The lowest BCUT2D eigenvalue weighted by molar-refractivity contribution is -0.141. The summed E-state index contributed by atoms with van der Waals surface area (Å²) >= 11 is 0. The lowest BCUT2D eigenvalue weighted by atomic mass is 9.68. The number of carbonyl (C=O) groups is 2. The minimum atomic E-state index is -0.500. The highest BCUT2D eigenvalue weighted by Gasteiger charge is 2.46. The number of hydrogen-bond acceptors (Lipinski definition) is 3. The van der Waals surface area contributed by atoms with Crippen LogP contribution in [0.25, 0.3) is 0 Å². The molecule has 4 heteroatoms. The number of piperidine rings is 1. The Morgan fingerprint density at radius 1 is 1.37 bits per heavy atom. The van der Waals surface area contributed by atoms with Crippen molar-refractivity contribution in [2.75, 3.05) is 13.7 Å². The van der Waals surface area contributed by atoms with Crippen LogP contribution in [0, 0.1) is 12.3 Å². The minimum absolute atomic E-state index is 0.227. The quantitative estimate of drug-likeness (QED) is 0.844. The van der Waals surface area contributed by atoms with Crippen LogP contribution in [0.5, 0.6) is 0 Å². The van der Waals surface area contributed by atoms with E-state index in [1.165, 1.54) is 0 Å². The van der Waals surface area contributed by atoms with Gasteiger partial charge in [0, 0.05) is 18.9 Å². The van der Waals surface area contributed by atoms with Crippen molar-refractivity contribution in [1.82, 2.24) is 5.32 Å². The Hall–Kier alpha value is -1.68. The molecule has 1 aromatic carbocycles. The monoisotopic (exact) mass is 261 g/mol. The standard InChI is InChI=1S/C15H19NO3/c1-10-6-4-5-7-11(10)13-14(18)16-12(17)8-15(13,2)9-19-3/h4-7,13H,8-9H2,1-3H3,(H,16,17,18). The molecule has 1 saturated heterocycles. The first-order chi connectivity index (χ1) is 8.98. The average Bonchev–Trinajstić information content (AvgIpc) is 2.30. The second-order valence-electron chi connectivity index (χ2n) is 5.47. The summed E-state index contributed by atoms with van der Waals surface area (Å²) in [5, 5.41) is 2.44. The third kappa shape index (κ3) is 2.54. The van der Waals surface area contributed by atoms with E-state index in [0.29, 0.717) is 13.0 Å². The van der Waals surface area contributed by atoms with Crippen LogP contribution in [0.2, 0.25) is 0 Å². The van der Waals surface area contributed by atoms with Gasteiger partial charge in [-0.3, -0.25) is 14.9 Å². The largest absolute Gasteiger partial charge is 0.384 e. The molecule has 102 valence electrons. The zero-order valence-electron chi connectivity index (χ0n) is 11.5. The van der Waals surface area contributed by atoms with Crippen molar-refractivity contribution in [2.24, 2.45) is 5.41 Å². The molecule has 0 radical (unpaired) electrons. The van der Waals surface area contributed by atoms with Crippen molar-refractivity contribution >= 4 is 11.8 Å². The minimum Gasteiger partial charge on any atom is -0.384 e. The van der Waals surface area contributed by atoms with Gasteiger partial charge >= 0.3 is 0 Å². The molecule has 2 amide bonds. The second-order valence-corrected chi connectivity index (χ2v) is 5.47. The van der Waals surface area contributed by atoms with Crippen LogP contribution in [0.1, 0.15) is 30.4 Å². The second kappa shape index (κ2) is 5.13. The number of methoxy groups -OCH3 is 1. The molecule has 2 atom stereocenters. The van der Waals surface area contributed by atoms with Gasteiger partial charge in [-0.25, -0.2) is 0 Å². The number of benzene rings is 1. The number of aryl methyl sites for hydroxylation is 1. The summed E-state index contributed by atoms with van der Waals surface area (Å²) in [6, 6.07) is 7.78. The summed E-state index contributed by atoms with van der Waals surface area (Å²) in [5.74, 6) is -0.814. The molecule has 1 N–H and O–H groups in total. The van der Waals surface area contributed by atoms with Gasteiger partial charge in [-0.15, -0.1) is 0 Å². The maximum absolute atomic E-state index is 12.3. The molecule has 4 nitrogen and oxygen atoms in total. The van der Waals surface area contributed by atoms with Gasteiger partial charge in [-0.1, -0.05) is 31.2 Å². The number of amides is 2. The lowest BCUT2D eigenvalue weighted by Crippen LogP contribution is -2.51. The van der Waals surface area contributed by atoms with Crippen molar-refractivity contribution in [3.63, 3.8) is 0 Å². The Morgan fingerprint density at radius 2 is 2.05 bits per heavy atom. The molecule has 1 heterocycles. The summed E-state index contributed by atoms with van der Waals surface area (Å²) < 4.78 is 5.24. The van der Waals surface area contributed by atoms with Crippen molar-refractivity contribution in [1.29, 1.82) is 0 Å². The van der Waals surface area contributed by atoms with Gasteiger partial charge in [0.25, 0.3) is 0 Å². The van der Waals surface area contributed by atoms with E-state index < -0.39 is 5.41 Å². The van der Waals surface area contributed by atoms with E-state index in [4.69, 9.17) is 4.74 Å². The first kappa shape index (κ1) is 13.7. The zero-order chi connectivity index (χ0) is 14.0. The van der Waals surface area contributed by atoms with E-state index in [0.717, 1.165) is 11.1 Å². The number of nitrogens with one attached hydrogen (secondary N) is 1. The molecule has 0 spiro atoms. The van der Waals surface area contributed by atoms with Crippen LogP contribution >= 0.6 is 0 Å². The van der Waals surface area contributed by atoms with Crippen LogP contribution in [-0.4, -0.2) is 25.5 Å². The van der Waals surface area contributed by atoms with Crippen molar-refractivity contribution < 1.29 is 14.3 Å². The SMILES string of the molecule is COCC1(C)CC(=O)NC(=O)C1c1ccccc1C. The maximum atomic E-state index is 12.3. The molecule has 0 saturated carbocycles. The molecule has 2 unspecified atom stereocenters. The van der Waals surface area contributed by atoms with Crippen molar-refractivity contribution in [3.8, 4) is 0 Å². The average molecular weight is 261 g/mol. The molecule has 0 bridgehead atoms. The number of carbonyl (C=O) groups excluding carboxylic acids is 2. The highest BCUT2D eigenvalue weighted by Crippen LogP contribution is 2.42. The Morgan fingerprint density at radius 3 is 2.68 bits per heavy atom. The molecule has 1 aliphatic heterocycles. The highest BCUT2D eigenvalue weighted by atomic mass is 16.5. The Balaban J connectivity index is 2.47. The van der Waals surface area contributed by atoms with E-state index in [2.05, 4.69) is 5.32 Å². The summed E-state index contributed by atoms with van der Waals surface area (Å²) in [5.41, 5.74) is 1.52. The number of ether oxygens (including phenoxy) is 1. The fraction of sp³-hybridized carbons (Fsp3) is 0.467. The Labute approximate surface area is 113 Å². The molecule has 0 aromatic heterocycles. The molecule has 1 aliphatic rings. The van der Waals surface area contributed by atoms with E-state index in [1.54, 1.807) is 7.11 Å². The maximum Gasteiger partial charge on any atom is 0.234 e. The summed E-state index contributed by atoms with van der Waals surface area (Å²) in [6.45, 7) is 4.29. The van der Waals surface area contributed by atoms with E-state index >= 15 is 0 Å².